The first-order valence-corrected chi connectivity index (χ1v) is 12.5. The quantitative estimate of drug-likeness (QED) is 0.731. The van der Waals surface area contributed by atoms with E-state index in [4.69, 9.17) is 5.41 Å². The van der Waals surface area contributed by atoms with Gasteiger partial charge < -0.3 is 5.32 Å². The molecular weight excluding hydrogens is 432 g/mol. The number of nitrogens with one attached hydrogen (secondary N) is 2. The van der Waals surface area contributed by atoms with Crippen LogP contribution >= 0.6 is 11.8 Å². The number of carbonyl (C=O) groups is 1. The molecule has 0 spiro atoms. The molecule has 3 heterocycles. The van der Waals surface area contributed by atoms with E-state index in [-0.39, 0.29) is 23.1 Å². The highest BCUT2D eigenvalue weighted by Gasteiger charge is 2.36. The Morgan fingerprint density at radius 1 is 1.00 bits per heavy atom. The summed E-state index contributed by atoms with van der Waals surface area (Å²) in [7, 11) is -3.62. The average molecular weight is 455 g/mol. The second-order valence-electron chi connectivity index (χ2n) is 7.75. The fourth-order valence-corrected chi connectivity index (χ4v) is 6.73. The zero-order valence-corrected chi connectivity index (χ0v) is 18.4. The number of carbonyl (C=O) groups excluding carboxylic acids is 1. The Morgan fingerprint density at radius 3 is 2.55 bits per heavy atom. The minimum atomic E-state index is -3.62. The molecule has 0 radical (unpaired) electrons. The molecule has 0 saturated carbocycles. The molecule has 0 unspecified atom stereocenters. The summed E-state index contributed by atoms with van der Waals surface area (Å²) < 4.78 is 27.6. The average Bonchev–Trinajstić information content (AvgIpc) is 3.34. The van der Waals surface area contributed by atoms with Gasteiger partial charge in [-0.2, -0.15) is 4.31 Å². The molecule has 160 valence electrons. The fourth-order valence-electron chi connectivity index (χ4n) is 4.13. The second-order valence-corrected chi connectivity index (χ2v) is 10.7. The normalized spacial score (nSPS) is 22.0. The molecule has 7 nitrogen and oxygen atoms in total. The Hall–Kier alpha value is -2.62. The van der Waals surface area contributed by atoms with Crippen LogP contribution in [0.4, 0.5) is 11.4 Å². The third kappa shape index (κ3) is 3.56. The molecule has 0 aliphatic carbocycles. The van der Waals surface area contributed by atoms with Crippen LogP contribution < -0.4 is 10.2 Å². The number of benzene rings is 2. The summed E-state index contributed by atoms with van der Waals surface area (Å²) >= 11 is 1.51. The summed E-state index contributed by atoms with van der Waals surface area (Å²) in [6, 6.07) is 14.2. The molecule has 2 N–H and O–H groups in total. The predicted octanol–water partition coefficient (Wildman–Crippen LogP) is 4.00. The largest absolute Gasteiger partial charge is 0.349 e. The summed E-state index contributed by atoms with van der Waals surface area (Å²) in [6.45, 7) is 1.04. The minimum absolute atomic E-state index is 0.0836. The lowest BCUT2D eigenvalue weighted by molar-refractivity contribution is -0.116. The van der Waals surface area contributed by atoms with Crippen molar-refractivity contribution >= 4 is 44.9 Å². The van der Waals surface area contributed by atoms with Crippen molar-refractivity contribution < 1.29 is 13.2 Å². The number of para-hydroxylation sites is 1. The molecule has 3 aliphatic heterocycles. The highest BCUT2D eigenvalue weighted by atomic mass is 32.2. The van der Waals surface area contributed by atoms with E-state index in [1.807, 2.05) is 24.3 Å². The maximum Gasteiger partial charge on any atom is 0.243 e. The number of amidine groups is 1. The molecule has 0 atom stereocenters. The Kier molecular flexibility index (Phi) is 5.11. The van der Waals surface area contributed by atoms with Crippen molar-refractivity contribution in [2.24, 2.45) is 0 Å². The number of piperidine rings is 1. The number of fused-ring (bicyclic) bond motifs is 1. The molecule has 2 aromatic rings. The molecule has 2 fully saturated rings. The third-order valence-corrected chi connectivity index (χ3v) is 8.76. The van der Waals surface area contributed by atoms with Gasteiger partial charge in [0, 0.05) is 23.6 Å². The Bertz CT molecular complexity index is 1190. The van der Waals surface area contributed by atoms with E-state index < -0.39 is 10.0 Å². The molecule has 3 aliphatic rings. The SMILES string of the molecule is N=C1C(=C2Nc3ccccc3S2)CC(=O)N1c1cccc(S(=O)(=O)N2CCCCC2)c1. The van der Waals surface area contributed by atoms with E-state index in [2.05, 4.69) is 5.32 Å². The zero-order valence-electron chi connectivity index (χ0n) is 16.8. The molecule has 9 heteroatoms. The van der Waals surface area contributed by atoms with Crippen LogP contribution in [0.2, 0.25) is 0 Å². The lowest BCUT2D eigenvalue weighted by Gasteiger charge is -2.26. The predicted molar refractivity (Wildman–Crippen MR) is 122 cm³/mol. The second kappa shape index (κ2) is 7.81. The van der Waals surface area contributed by atoms with Crippen LogP contribution in [-0.4, -0.2) is 37.6 Å². The van der Waals surface area contributed by atoms with E-state index in [1.54, 1.807) is 18.2 Å². The van der Waals surface area contributed by atoms with Gasteiger partial charge >= 0.3 is 0 Å². The summed E-state index contributed by atoms with van der Waals surface area (Å²) in [6.07, 6.45) is 2.86. The van der Waals surface area contributed by atoms with Gasteiger partial charge in [-0.1, -0.05) is 36.4 Å². The van der Waals surface area contributed by atoms with Gasteiger partial charge in [-0.15, -0.1) is 0 Å². The maximum atomic E-state index is 13.1. The van der Waals surface area contributed by atoms with Gasteiger partial charge in [0.1, 0.15) is 5.84 Å². The van der Waals surface area contributed by atoms with Gasteiger partial charge in [0.15, 0.2) is 0 Å². The molecule has 0 bridgehead atoms. The molecule has 1 amide bonds. The minimum Gasteiger partial charge on any atom is -0.349 e. The van der Waals surface area contributed by atoms with Crippen LogP contribution in [0, 0.1) is 5.41 Å². The number of nitrogens with zero attached hydrogens (tertiary/aromatic N) is 2. The van der Waals surface area contributed by atoms with Crippen molar-refractivity contribution in [1.29, 1.82) is 5.41 Å². The molecule has 2 aromatic carbocycles. The zero-order chi connectivity index (χ0) is 21.6. The monoisotopic (exact) mass is 454 g/mol. The van der Waals surface area contributed by atoms with E-state index in [0.717, 1.165) is 34.9 Å². The first-order chi connectivity index (χ1) is 14.9. The number of anilines is 2. The van der Waals surface area contributed by atoms with Gasteiger partial charge in [-0.3, -0.25) is 15.1 Å². The lowest BCUT2D eigenvalue weighted by atomic mass is 10.2. The van der Waals surface area contributed by atoms with E-state index >= 15 is 0 Å². The first kappa shape index (κ1) is 20.3. The van der Waals surface area contributed by atoms with E-state index in [1.165, 1.54) is 27.0 Å². The van der Waals surface area contributed by atoms with Gasteiger partial charge in [0.2, 0.25) is 15.9 Å². The molecule has 31 heavy (non-hydrogen) atoms. The standard InChI is InChI=1S/C22H22N4O3S2/c23-21-17(22-24-18-9-2-3-10-19(18)30-22)14-20(27)26(21)15-7-6-8-16(13-15)31(28,29)25-11-4-1-5-12-25/h2-3,6-10,13,23-24H,1,4-5,11-12,14H2. The number of thioether (sulfide) groups is 1. The summed E-state index contributed by atoms with van der Waals surface area (Å²) in [4.78, 5) is 15.4. The van der Waals surface area contributed by atoms with Crippen LogP contribution in [0.15, 0.2) is 68.9 Å². The summed E-state index contributed by atoms with van der Waals surface area (Å²) in [5.74, 6) is -0.154. The van der Waals surface area contributed by atoms with Crippen molar-refractivity contribution in [3.05, 3.63) is 59.1 Å². The Balaban J connectivity index is 1.45. The smallest absolute Gasteiger partial charge is 0.243 e. The van der Waals surface area contributed by atoms with Gasteiger partial charge in [0.25, 0.3) is 0 Å². The Morgan fingerprint density at radius 2 is 1.77 bits per heavy atom. The maximum absolute atomic E-state index is 13.1. The molecule has 0 aromatic heterocycles. The molecule has 2 saturated heterocycles. The molecule has 5 rings (SSSR count). The van der Waals surface area contributed by atoms with Crippen LogP contribution in [-0.2, 0) is 14.8 Å². The first-order valence-electron chi connectivity index (χ1n) is 10.2. The summed E-state index contributed by atoms with van der Waals surface area (Å²) in [5, 5.41) is 12.7. The van der Waals surface area contributed by atoms with Crippen LogP contribution in [0.25, 0.3) is 0 Å². The highest BCUT2D eigenvalue weighted by Crippen LogP contribution is 2.44. The number of rotatable bonds is 3. The number of hydrogen-bond donors (Lipinski definition) is 2. The Labute approximate surface area is 185 Å². The van der Waals surface area contributed by atoms with E-state index in [9.17, 15) is 13.2 Å². The highest BCUT2D eigenvalue weighted by molar-refractivity contribution is 8.03. The van der Waals surface area contributed by atoms with E-state index in [0.29, 0.717) is 24.4 Å². The number of hydrogen-bond acceptors (Lipinski definition) is 6. The van der Waals surface area contributed by atoms with Gasteiger partial charge in [-0.25, -0.2) is 8.42 Å². The van der Waals surface area contributed by atoms with Crippen LogP contribution in [0.5, 0.6) is 0 Å². The van der Waals surface area contributed by atoms with Crippen molar-refractivity contribution in [2.75, 3.05) is 23.3 Å². The van der Waals surface area contributed by atoms with Crippen molar-refractivity contribution in [2.45, 2.75) is 35.5 Å². The summed E-state index contributed by atoms with van der Waals surface area (Å²) in [5.41, 5.74) is 1.99. The number of amides is 1. The van der Waals surface area contributed by atoms with Crippen molar-refractivity contribution in [3.8, 4) is 0 Å². The third-order valence-electron chi connectivity index (χ3n) is 5.74. The van der Waals surface area contributed by atoms with Crippen molar-refractivity contribution in [3.63, 3.8) is 0 Å². The number of sulfonamides is 1. The molecular formula is C22H22N4O3S2. The lowest BCUT2D eigenvalue weighted by Crippen LogP contribution is -2.35. The van der Waals surface area contributed by atoms with Crippen molar-refractivity contribution in [1.82, 2.24) is 4.31 Å². The van der Waals surface area contributed by atoms with Crippen LogP contribution in [0.1, 0.15) is 25.7 Å². The van der Waals surface area contributed by atoms with Crippen LogP contribution in [0.3, 0.4) is 0 Å². The topological polar surface area (TPSA) is 93.6 Å². The van der Waals surface area contributed by atoms with Gasteiger partial charge in [0.05, 0.1) is 27.7 Å². The fraction of sp³-hybridized carbons (Fsp3) is 0.273. The van der Waals surface area contributed by atoms with Gasteiger partial charge in [-0.05, 0) is 43.2 Å².